The zero-order valence-electron chi connectivity index (χ0n) is 18.6. The highest BCUT2D eigenvalue weighted by molar-refractivity contribution is 7.46. The molecule has 0 aliphatic heterocycles. The number of rotatable bonds is 25. The van der Waals surface area contributed by atoms with Crippen LogP contribution in [0.25, 0.3) is 0 Å². The third kappa shape index (κ3) is 27.9. The fourth-order valence-electron chi connectivity index (χ4n) is 3.02. The summed E-state index contributed by atoms with van der Waals surface area (Å²) in [6.07, 6.45) is 20.9. The Morgan fingerprint density at radius 1 is 0.533 bits per heavy atom. The van der Waals surface area contributed by atoms with E-state index in [1.165, 1.54) is 89.9 Å². The van der Waals surface area contributed by atoms with Crippen LogP contribution in [0.5, 0.6) is 0 Å². The summed E-state index contributed by atoms with van der Waals surface area (Å²) in [7, 11) is -4.50. The van der Waals surface area contributed by atoms with Crippen LogP contribution in [0.15, 0.2) is 0 Å². The fraction of sp³-hybridized carbons (Fsp3) is 1.00. The van der Waals surface area contributed by atoms with Crippen molar-refractivity contribution < 1.29 is 43.8 Å². The van der Waals surface area contributed by atoms with E-state index in [9.17, 15) is 4.57 Å². The summed E-state index contributed by atoms with van der Waals surface area (Å²) < 4.78 is 14.5. The van der Waals surface area contributed by atoms with E-state index >= 15 is 0 Å². The van der Waals surface area contributed by atoms with Gasteiger partial charge in [-0.25, -0.2) is 14.3 Å². The Balaban J connectivity index is 3.03. The van der Waals surface area contributed by atoms with E-state index in [-0.39, 0.29) is 13.2 Å². The van der Waals surface area contributed by atoms with Crippen molar-refractivity contribution in [3.63, 3.8) is 0 Å². The molecule has 0 unspecified atom stereocenters. The fourth-order valence-corrected chi connectivity index (χ4v) is 3.33. The summed E-state index contributed by atoms with van der Waals surface area (Å²) >= 11 is 0. The molecule has 0 aliphatic carbocycles. The average molecular weight is 459 g/mol. The van der Waals surface area contributed by atoms with Crippen molar-refractivity contribution in [2.75, 3.05) is 19.8 Å². The molecule has 0 bridgehead atoms. The molecule has 0 fully saturated rings. The highest BCUT2D eigenvalue weighted by atomic mass is 31.2. The summed E-state index contributed by atoms with van der Waals surface area (Å²) in [5.74, 6) is 0. The molecule has 9 nitrogen and oxygen atoms in total. The molecule has 0 atom stereocenters. The average Bonchev–Trinajstić information content (AvgIpc) is 2.70. The molecule has 0 spiro atoms. The molecule has 0 rings (SSSR count). The Kier molecular flexibility index (Phi) is 23.5. The smallest absolute Gasteiger partial charge is 0.303 e. The van der Waals surface area contributed by atoms with Crippen molar-refractivity contribution >= 4 is 7.82 Å². The van der Waals surface area contributed by atoms with Crippen LogP contribution in [0, 0.1) is 0 Å². The quantitative estimate of drug-likeness (QED) is 0.0725. The van der Waals surface area contributed by atoms with E-state index in [0.29, 0.717) is 6.61 Å². The van der Waals surface area contributed by atoms with Crippen LogP contribution in [-0.2, 0) is 34.0 Å². The SMILES string of the molecule is CCCCCCCCCCCCCCCCCCOOOOOCCOP(=O)(O)O. The lowest BCUT2D eigenvalue weighted by Crippen LogP contribution is -2.05. The van der Waals surface area contributed by atoms with Gasteiger partial charge in [0.1, 0.15) is 6.61 Å². The number of hydrogen-bond acceptors (Lipinski definition) is 7. The number of phosphoric ester groups is 1. The van der Waals surface area contributed by atoms with Crippen molar-refractivity contribution in [1.82, 2.24) is 0 Å². The Bertz CT molecular complexity index is 379. The molecule has 2 N–H and O–H groups in total. The van der Waals surface area contributed by atoms with Gasteiger partial charge in [-0.1, -0.05) is 103 Å². The van der Waals surface area contributed by atoms with Gasteiger partial charge in [-0.3, -0.25) is 4.52 Å². The summed E-state index contributed by atoms with van der Waals surface area (Å²) in [6, 6.07) is 0. The van der Waals surface area contributed by atoms with Crippen LogP contribution in [0.3, 0.4) is 0 Å². The van der Waals surface area contributed by atoms with Crippen molar-refractivity contribution in [2.45, 2.75) is 110 Å². The van der Waals surface area contributed by atoms with Gasteiger partial charge < -0.3 is 9.79 Å². The van der Waals surface area contributed by atoms with E-state index in [1.54, 1.807) is 0 Å². The molecule has 30 heavy (non-hydrogen) atoms. The van der Waals surface area contributed by atoms with Gasteiger partial charge in [-0.2, -0.15) is 0 Å². The monoisotopic (exact) mass is 458 g/mol. The second kappa shape index (κ2) is 23.6. The van der Waals surface area contributed by atoms with Gasteiger partial charge in [0.05, 0.1) is 13.2 Å². The maximum atomic E-state index is 10.4. The molecular weight excluding hydrogens is 415 g/mol. The lowest BCUT2D eigenvalue weighted by Gasteiger charge is -2.05. The van der Waals surface area contributed by atoms with Crippen molar-refractivity contribution in [3.05, 3.63) is 0 Å². The van der Waals surface area contributed by atoms with Gasteiger partial charge in [-0.05, 0) is 21.5 Å². The van der Waals surface area contributed by atoms with Crippen LogP contribution in [0.4, 0.5) is 0 Å². The van der Waals surface area contributed by atoms with E-state index in [0.717, 1.165) is 12.8 Å². The molecule has 0 saturated heterocycles. The lowest BCUT2D eigenvalue weighted by atomic mass is 10.0. The highest BCUT2D eigenvalue weighted by Crippen LogP contribution is 2.35. The third-order valence-corrected chi connectivity index (χ3v) is 5.18. The molecule has 0 aromatic carbocycles. The van der Waals surface area contributed by atoms with Crippen molar-refractivity contribution in [1.29, 1.82) is 0 Å². The molecule has 0 radical (unpaired) electrons. The predicted octanol–water partition coefficient (Wildman–Crippen LogP) is 6.10. The van der Waals surface area contributed by atoms with Gasteiger partial charge in [0.15, 0.2) is 0 Å². The minimum atomic E-state index is -4.50. The topological polar surface area (TPSA) is 113 Å². The molecule has 0 heterocycles. The first-order chi connectivity index (χ1) is 14.6. The highest BCUT2D eigenvalue weighted by Gasteiger charge is 2.12. The van der Waals surface area contributed by atoms with Gasteiger partial charge in [0, 0.05) is 0 Å². The Labute approximate surface area is 181 Å². The Morgan fingerprint density at radius 3 is 1.37 bits per heavy atom. The number of phosphoric acid groups is 1. The predicted molar refractivity (Wildman–Crippen MR) is 113 cm³/mol. The van der Waals surface area contributed by atoms with Gasteiger partial charge >= 0.3 is 7.82 Å². The molecule has 182 valence electrons. The Morgan fingerprint density at radius 2 is 0.933 bits per heavy atom. The number of hydrogen-bond donors (Lipinski definition) is 2. The summed E-state index contributed by atoms with van der Waals surface area (Å²) in [5.41, 5.74) is 0. The van der Waals surface area contributed by atoms with Crippen LogP contribution in [0.1, 0.15) is 110 Å². The van der Waals surface area contributed by atoms with Crippen LogP contribution < -0.4 is 0 Å². The van der Waals surface area contributed by atoms with Crippen LogP contribution in [-0.4, -0.2) is 29.6 Å². The summed E-state index contributed by atoms with van der Waals surface area (Å²) in [5, 5.41) is 12.5. The minimum absolute atomic E-state index is 0.242. The summed E-state index contributed by atoms with van der Waals surface area (Å²) in [4.78, 5) is 25.9. The van der Waals surface area contributed by atoms with E-state index in [4.69, 9.17) is 14.7 Å². The molecule has 0 aliphatic rings. The number of unbranched alkanes of at least 4 members (excludes halogenated alkanes) is 15. The van der Waals surface area contributed by atoms with E-state index in [1.807, 2.05) is 0 Å². The third-order valence-electron chi connectivity index (χ3n) is 4.66. The van der Waals surface area contributed by atoms with Gasteiger partial charge in [-0.15, -0.1) is 0 Å². The first-order valence-corrected chi connectivity index (χ1v) is 13.0. The maximum absolute atomic E-state index is 10.4. The molecule has 0 saturated carbocycles. The summed E-state index contributed by atoms with van der Waals surface area (Å²) in [6.45, 7) is 2.04. The molecule has 0 amide bonds. The zero-order valence-corrected chi connectivity index (χ0v) is 19.5. The van der Waals surface area contributed by atoms with E-state index in [2.05, 4.69) is 31.4 Å². The Hall–Kier alpha value is -0.0900. The van der Waals surface area contributed by atoms with Crippen LogP contribution in [0.2, 0.25) is 0 Å². The molecule has 0 aromatic heterocycles. The normalized spacial score (nSPS) is 12.0. The maximum Gasteiger partial charge on any atom is 0.469 e. The van der Waals surface area contributed by atoms with E-state index < -0.39 is 7.82 Å². The lowest BCUT2D eigenvalue weighted by molar-refractivity contribution is -0.708. The van der Waals surface area contributed by atoms with Gasteiger partial charge in [0.2, 0.25) is 0 Å². The zero-order chi connectivity index (χ0) is 22.2. The largest absolute Gasteiger partial charge is 0.469 e. The second-order valence-corrected chi connectivity index (χ2v) is 8.71. The van der Waals surface area contributed by atoms with Crippen LogP contribution >= 0.6 is 7.82 Å². The first-order valence-electron chi connectivity index (χ1n) is 11.5. The molecule has 0 aromatic rings. The van der Waals surface area contributed by atoms with Crippen molar-refractivity contribution in [3.8, 4) is 0 Å². The second-order valence-electron chi connectivity index (χ2n) is 7.48. The first kappa shape index (κ1) is 29.9. The van der Waals surface area contributed by atoms with Crippen molar-refractivity contribution in [2.24, 2.45) is 0 Å². The molecule has 10 heteroatoms. The standard InChI is InChI=1S/C20H43O9P/c1-2-3-4-5-6-7-8-9-10-11-12-13-14-15-16-17-18-24-27-29-28-25-19-20-26-30(21,22)23/h2-20H2,1H3,(H2,21,22,23). The van der Waals surface area contributed by atoms with Gasteiger partial charge in [0.25, 0.3) is 0 Å². The molecular formula is C20H43O9P. The minimum Gasteiger partial charge on any atom is -0.303 e.